The Labute approximate surface area is 104 Å². The first-order chi connectivity index (χ1) is 8.22. The monoisotopic (exact) mass is 240 g/mol. The summed E-state index contributed by atoms with van der Waals surface area (Å²) in [6.45, 7) is 6.61. The zero-order valence-electron chi connectivity index (χ0n) is 10.9. The number of carbonyl (C=O) groups is 1. The molecule has 2 atom stereocenters. The Morgan fingerprint density at radius 3 is 2.82 bits per heavy atom. The van der Waals surface area contributed by atoms with Gasteiger partial charge >= 0.3 is 0 Å². The van der Waals surface area contributed by atoms with E-state index in [1.165, 1.54) is 12.8 Å². The predicted molar refractivity (Wildman–Crippen MR) is 66.5 cm³/mol. The van der Waals surface area contributed by atoms with E-state index in [-0.39, 0.29) is 18.1 Å². The lowest BCUT2D eigenvalue weighted by Crippen LogP contribution is -2.35. The summed E-state index contributed by atoms with van der Waals surface area (Å²) in [5.41, 5.74) is 0. The fourth-order valence-electron chi connectivity index (χ4n) is 2.31. The van der Waals surface area contributed by atoms with Gasteiger partial charge in [-0.05, 0) is 38.5 Å². The van der Waals surface area contributed by atoms with Crippen molar-refractivity contribution < 1.29 is 9.53 Å². The highest BCUT2D eigenvalue weighted by Crippen LogP contribution is 2.28. The molecule has 1 N–H and O–H groups in total. The average molecular weight is 240 g/mol. The van der Waals surface area contributed by atoms with Gasteiger partial charge in [-0.25, -0.2) is 0 Å². The van der Waals surface area contributed by atoms with Crippen molar-refractivity contribution in [2.75, 3.05) is 19.8 Å². The van der Waals surface area contributed by atoms with E-state index in [2.05, 4.69) is 12.2 Å². The van der Waals surface area contributed by atoms with Gasteiger partial charge in [-0.2, -0.15) is 0 Å². The minimum absolute atomic E-state index is 0.0254. The minimum atomic E-state index is 0.0254. The van der Waals surface area contributed by atoms with Crippen molar-refractivity contribution in [2.24, 2.45) is 5.92 Å². The van der Waals surface area contributed by atoms with Gasteiger partial charge in [0.15, 0.2) is 0 Å². The van der Waals surface area contributed by atoms with E-state index in [1.54, 1.807) is 0 Å². The number of hydrogen-bond donors (Lipinski definition) is 1. The third-order valence-electron chi connectivity index (χ3n) is 3.64. The van der Waals surface area contributed by atoms with E-state index >= 15 is 0 Å². The number of carbonyl (C=O) groups excluding carboxylic acids is 1. The second kappa shape index (κ2) is 5.83. The largest absolute Gasteiger partial charge is 0.381 e. The maximum atomic E-state index is 12.0. The summed E-state index contributed by atoms with van der Waals surface area (Å²) in [5.74, 6) is 1.08. The molecule has 2 aliphatic rings. The van der Waals surface area contributed by atoms with Crippen LogP contribution < -0.4 is 5.32 Å². The molecule has 2 rings (SSSR count). The molecule has 0 aromatic carbocycles. The number of nitrogens with zero attached hydrogens (tertiary/aromatic N) is 1. The highest BCUT2D eigenvalue weighted by Gasteiger charge is 2.34. The number of ether oxygens (including phenoxy) is 1. The van der Waals surface area contributed by atoms with Crippen LogP contribution >= 0.6 is 0 Å². The van der Waals surface area contributed by atoms with Crippen LogP contribution in [0.3, 0.4) is 0 Å². The summed E-state index contributed by atoms with van der Waals surface area (Å²) in [5, 5.41) is 3.31. The molecular formula is C13H24N2O2. The first-order valence-electron chi connectivity index (χ1n) is 6.86. The third kappa shape index (κ3) is 3.42. The van der Waals surface area contributed by atoms with Crippen molar-refractivity contribution in [1.29, 1.82) is 0 Å². The van der Waals surface area contributed by atoms with Crippen LogP contribution in [-0.4, -0.2) is 42.8 Å². The molecule has 1 aliphatic carbocycles. The molecule has 1 aliphatic heterocycles. The lowest BCUT2D eigenvalue weighted by atomic mass is 10.2. The topological polar surface area (TPSA) is 41.6 Å². The Morgan fingerprint density at radius 1 is 1.47 bits per heavy atom. The Morgan fingerprint density at radius 2 is 2.24 bits per heavy atom. The smallest absolute Gasteiger partial charge is 0.240 e. The van der Waals surface area contributed by atoms with Gasteiger partial charge in [0.2, 0.25) is 5.91 Å². The van der Waals surface area contributed by atoms with Crippen LogP contribution in [0.15, 0.2) is 0 Å². The van der Waals surface area contributed by atoms with Crippen molar-refractivity contribution in [3.8, 4) is 0 Å². The molecule has 2 unspecified atom stereocenters. The van der Waals surface area contributed by atoms with Crippen LogP contribution in [0.2, 0.25) is 0 Å². The molecule has 1 amide bonds. The van der Waals surface area contributed by atoms with Crippen molar-refractivity contribution in [2.45, 2.75) is 51.7 Å². The standard InChI is InChI=1S/C13H24N2O2/c1-3-12-13(16)15(10(2)14-12)7-4-8-17-9-11-5-6-11/h10-12,14H,3-9H2,1-2H3. The minimum Gasteiger partial charge on any atom is -0.381 e. The molecule has 4 nitrogen and oxygen atoms in total. The molecule has 1 saturated heterocycles. The zero-order valence-corrected chi connectivity index (χ0v) is 10.9. The quantitative estimate of drug-likeness (QED) is 0.683. The van der Waals surface area contributed by atoms with Crippen molar-refractivity contribution >= 4 is 5.91 Å². The number of hydrogen-bond acceptors (Lipinski definition) is 3. The van der Waals surface area contributed by atoms with Crippen LogP contribution in [0.25, 0.3) is 0 Å². The molecule has 1 saturated carbocycles. The Kier molecular flexibility index (Phi) is 4.40. The van der Waals surface area contributed by atoms with Gasteiger partial charge in [0.05, 0.1) is 12.2 Å². The predicted octanol–water partition coefficient (Wildman–Crippen LogP) is 1.36. The van der Waals surface area contributed by atoms with E-state index in [9.17, 15) is 4.79 Å². The van der Waals surface area contributed by atoms with Gasteiger partial charge in [-0.15, -0.1) is 0 Å². The molecule has 4 heteroatoms. The fourth-order valence-corrected chi connectivity index (χ4v) is 2.31. The number of nitrogens with one attached hydrogen (secondary N) is 1. The number of amides is 1. The fraction of sp³-hybridized carbons (Fsp3) is 0.923. The lowest BCUT2D eigenvalue weighted by Gasteiger charge is -2.20. The molecule has 0 aromatic rings. The molecule has 17 heavy (non-hydrogen) atoms. The van der Waals surface area contributed by atoms with Crippen molar-refractivity contribution in [3.05, 3.63) is 0 Å². The number of rotatable bonds is 7. The summed E-state index contributed by atoms with van der Waals surface area (Å²) in [6.07, 6.45) is 4.67. The van der Waals surface area contributed by atoms with E-state index in [0.29, 0.717) is 0 Å². The average Bonchev–Trinajstić information content (AvgIpc) is 3.09. The highest BCUT2D eigenvalue weighted by molar-refractivity contribution is 5.84. The molecule has 0 bridgehead atoms. The second-order valence-corrected chi connectivity index (χ2v) is 5.21. The van der Waals surface area contributed by atoms with E-state index in [0.717, 1.165) is 38.5 Å². The molecule has 0 aromatic heterocycles. The first kappa shape index (κ1) is 12.8. The third-order valence-corrected chi connectivity index (χ3v) is 3.64. The Bertz CT molecular complexity index is 266. The lowest BCUT2D eigenvalue weighted by molar-refractivity contribution is -0.130. The first-order valence-corrected chi connectivity index (χ1v) is 6.86. The van der Waals surface area contributed by atoms with E-state index in [4.69, 9.17) is 4.74 Å². The van der Waals surface area contributed by atoms with Crippen molar-refractivity contribution in [1.82, 2.24) is 10.2 Å². The summed E-state index contributed by atoms with van der Waals surface area (Å²) in [7, 11) is 0. The van der Waals surface area contributed by atoms with Crippen LogP contribution in [0.4, 0.5) is 0 Å². The maximum absolute atomic E-state index is 12.0. The van der Waals surface area contributed by atoms with Gasteiger partial charge in [0.1, 0.15) is 0 Å². The molecule has 0 spiro atoms. The Balaban J connectivity index is 1.62. The molecular weight excluding hydrogens is 216 g/mol. The normalized spacial score (nSPS) is 29.1. The summed E-state index contributed by atoms with van der Waals surface area (Å²) in [4.78, 5) is 13.9. The molecule has 0 radical (unpaired) electrons. The maximum Gasteiger partial charge on any atom is 0.240 e. The van der Waals surface area contributed by atoms with Crippen LogP contribution in [0.1, 0.15) is 39.5 Å². The highest BCUT2D eigenvalue weighted by atomic mass is 16.5. The van der Waals surface area contributed by atoms with Gasteiger partial charge in [-0.3, -0.25) is 10.1 Å². The van der Waals surface area contributed by atoms with Crippen molar-refractivity contribution in [3.63, 3.8) is 0 Å². The van der Waals surface area contributed by atoms with Crippen LogP contribution in [-0.2, 0) is 9.53 Å². The van der Waals surface area contributed by atoms with E-state index < -0.39 is 0 Å². The zero-order chi connectivity index (χ0) is 12.3. The van der Waals surface area contributed by atoms with Gasteiger partial charge in [-0.1, -0.05) is 6.92 Å². The SMILES string of the molecule is CCC1NC(C)N(CCCOCC2CC2)C1=O. The van der Waals surface area contributed by atoms with Gasteiger partial charge < -0.3 is 9.64 Å². The van der Waals surface area contributed by atoms with E-state index in [1.807, 2.05) is 11.8 Å². The molecule has 1 heterocycles. The Hall–Kier alpha value is -0.610. The second-order valence-electron chi connectivity index (χ2n) is 5.21. The van der Waals surface area contributed by atoms with Crippen LogP contribution in [0, 0.1) is 5.92 Å². The van der Waals surface area contributed by atoms with Gasteiger partial charge in [0.25, 0.3) is 0 Å². The van der Waals surface area contributed by atoms with Gasteiger partial charge in [0, 0.05) is 19.8 Å². The summed E-state index contributed by atoms with van der Waals surface area (Å²) in [6, 6.07) is 0.0254. The molecule has 98 valence electrons. The molecule has 2 fully saturated rings. The summed E-state index contributed by atoms with van der Waals surface area (Å²) < 4.78 is 5.58. The summed E-state index contributed by atoms with van der Waals surface area (Å²) >= 11 is 0. The van der Waals surface area contributed by atoms with Crippen LogP contribution in [0.5, 0.6) is 0 Å².